The van der Waals surface area contributed by atoms with Crippen molar-refractivity contribution in [1.82, 2.24) is 5.32 Å². The Morgan fingerprint density at radius 1 is 1.47 bits per heavy atom. The average Bonchev–Trinajstić information content (AvgIpc) is 2.36. The molecular formula is C15H21BrFNO. The SMILES string of the molecule is CCOC1CC(NCc2cc(Br)ccc2F)C1(C)C. The van der Waals surface area contributed by atoms with Crippen LogP contribution in [-0.4, -0.2) is 18.8 Å². The van der Waals surface area contributed by atoms with Crippen LogP contribution in [0.15, 0.2) is 22.7 Å². The molecule has 0 aromatic heterocycles. The van der Waals surface area contributed by atoms with Crippen LogP contribution in [0.2, 0.25) is 0 Å². The standard InChI is InChI=1S/C15H21BrFNO/c1-4-19-14-8-13(15(14,2)3)18-9-10-7-11(16)5-6-12(10)17/h5-7,13-14,18H,4,8-9H2,1-3H3. The van der Waals surface area contributed by atoms with Gasteiger partial charge >= 0.3 is 0 Å². The highest BCUT2D eigenvalue weighted by Gasteiger charge is 2.48. The van der Waals surface area contributed by atoms with E-state index >= 15 is 0 Å². The topological polar surface area (TPSA) is 21.3 Å². The molecule has 0 aliphatic heterocycles. The van der Waals surface area contributed by atoms with Gasteiger partial charge in [-0.3, -0.25) is 0 Å². The van der Waals surface area contributed by atoms with Crippen LogP contribution >= 0.6 is 15.9 Å². The minimum absolute atomic E-state index is 0.110. The Morgan fingerprint density at radius 3 is 2.84 bits per heavy atom. The molecule has 0 amide bonds. The fourth-order valence-electron chi connectivity index (χ4n) is 2.63. The van der Waals surface area contributed by atoms with Crippen molar-refractivity contribution in [2.75, 3.05) is 6.61 Å². The van der Waals surface area contributed by atoms with E-state index in [9.17, 15) is 4.39 Å². The molecule has 2 nitrogen and oxygen atoms in total. The van der Waals surface area contributed by atoms with Gasteiger partial charge in [0.25, 0.3) is 0 Å². The maximum atomic E-state index is 13.6. The van der Waals surface area contributed by atoms with Gasteiger partial charge in [0.1, 0.15) is 5.82 Å². The third kappa shape index (κ3) is 3.18. The van der Waals surface area contributed by atoms with Crippen molar-refractivity contribution in [2.45, 2.75) is 45.9 Å². The van der Waals surface area contributed by atoms with Crippen LogP contribution in [0, 0.1) is 11.2 Å². The summed E-state index contributed by atoms with van der Waals surface area (Å²) in [5, 5.41) is 3.44. The van der Waals surface area contributed by atoms with Crippen molar-refractivity contribution >= 4 is 15.9 Å². The quantitative estimate of drug-likeness (QED) is 0.885. The molecule has 0 heterocycles. The Balaban J connectivity index is 1.92. The second kappa shape index (κ2) is 5.90. The van der Waals surface area contributed by atoms with Gasteiger partial charge in [-0.05, 0) is 31.5 Å². The molecule has 1 saturated carbocycles. The van der Waals surface area contributed by atoms with E-state index in [4.69, 9.17) is 4.74 Å². The van der Waals surface area contributed by atoms with E-state index in [0.717, 1.165) is 17.5 Å². The van der Waals surface area contributed by atoms with E-state index in [-0.39, 0.29) is 11.2 Å². The Hall–Kier alpha value is -0.450. The van der Waals surface area contributed by atoms with Gasteiger partial charge in [-0.15, -0.1) is 0 Å². The summed E-state index contributed by atoms with van der Waals surface area (Å²) in [6.45, 7) is 7.73. The van der Waals surface area contributed by atoms with E-state index in [2.05, 4.69) is 35.1 Å². The second-order valence-corrected chi connectivity index (χ2v) is 6.59. The molecule has 0 spiro atoms. The van der Waals surface area contributed by atoms with E-state index in [0.29, 0.717) is 24.3 Å². The van der Waals surface area contributed by atoms with Gasteiger partial charge in [-0.1, -0.05) is 29.8 Å². The van der Waals surface area contributed by atoms with E-state index in [1.807, 2.05) is 13.0 Å². The molecule has 1 N–H and O–H groups in total. The Morgan fingerprint density at radius 2 is 2.21 bits per heavy atom. The highest BCUT2D eigenvalue weighted by molar-refractivity contribution is 9.10. The van der Waals surface area contributed by atoms with Gasteiger partial charge in [0.05, 0.1) is 6.10 Å². The molecule has 2 atom stereocenters. The molecule has 0 bridgehead atoms. The molecule has 0 radical (unpaired) electrons. The van der Waals surface area contributed by atoms with Crippen LogP contribution in [0.3, 0.4) is 0 Å². The lowest BCUT2D eigenvalue weighted by Gasteiger charge is -2.52. The molecule has 1 aliphatic rings. The number of hydrogen-bond donors (Lipinski definition) is 1. The van der Waals surface area contributed by atoms with Gasteiger partial charge in [-0.2, -0.15) is 0 Å². The Kier molecular flexibility index (Phi) is 4.64. The first-order valence-corrected chi connectivity index (χ1v) is 7.53. The van der Waals surface area contributed by atoms with Crippen LogP contribution in [0.5, 0.6) is 0 Å². The molecule has 2 unspecified atom stereocenters. The van der Waals surface area contributed by atoms with Crippen LogP contribution in [0.4, 0.5) is 4.39 Å². The zero-order valence-electron chi connectivity index (χ0n) is 11.7. The number of halogens is 2. The predicted molar refractivity (Wildman–Crippen MR) is 78.5 cm³/mol. The third-order valence-corrected chi connectivity index (χ3v) is 4.59. The van der Waals surface area contributed by atoms with Gasteiger partial charge in [0.2, 0.25) is 0 Å². The molecule has 0 saturated heterocycles. The summed E-state index contributed by atoms with van der Waals surface area (Å²) in [7, 11) is 0. The van der Waals surface area contributed by atoms with Crippen molar-refractivity contribution < 1.29 is 9.13 Å². The highest BCUT2D eigenvalue weighted by Crippen LogP contribution is 2.42. The summed E-state index contributed by atoms with van der Waals surface area (Å²) in [6.07, 6.45) is 1.30. The minimum atomic E-state index is -0.158. The number of hydrogen-bond acceptors (Lipinski definition) is 2. The maximum absolute atomic E-state index is 13.6. The average molecular weight is 330 g/mol. The van der Waals surface area contributed by atoms with Crippen LogP contribution in [0.25, 0.3) is 0 Å². The predicted octanol–water partition coefficient (Wildman–Crippen LogP) is 3.88. The van der Waals surface area contributed by atoms with Gasteiger partial charge < -0.3 is 10.1 Å². The first-order chi connectivity index (χ1) is 8.95. The Labute approximate surface area is 122 Å². The third-order valence-electron chi connectivity index (χ3n) is 4.09. The largest absolute Gasteiger partial charge is 0.378 e. The fraction of sp³-hybridized carbons (Fsp3) is 0.600. The number of nitrogens with one attached hydrogen (secondary N) is 1. The smallest absolute Gasteiger partial charge is 0.127 e. The van der Waals surface area contributed by atoms with Crippen LogP contribution in [-0.2, 0) is 11.3 Å². The Bertz CT molecular complexity index is 450. The van der Waals surface area contributed by atoms with Crippen LogP contribution < -0.4 is 5.32 Å². The molecule has 1 fully saturated rings. The first-order valence-electron chi connectivity index (χ1n) is 6.74. The van der Waals surface area contributed by atoms with E-state index in [1.54, 1.807) is 6.07 Å². The molecule has 1 aromatic carbocycles. The zero-order valence-corrected chi connectivity index (χ0v) is 13.3. The van der Waals surface area contributed by atoms with Gasteiger partial charge in [0.15, 0.2) is 0 Å². The summed E-state index contributed by atoms with van der Waals surface area (Å²) in [4.78, 5) is 0. The molecule has 106 valence electrons. The van der Waals surface area contributed by atoms with Gasteiger partial charge in [0, 0.05) is 34.6 Å². The summed E-state index contributed by atoms with van der Waals surface area (Å²) >= 11 is 3.37. The van der Waals surface area contributed by atoms with Crippen molar-refractivity contribution in [3.63, 3.8) is 0 Å². The molecule has 2 rings (SSSR count). The van der Waals surface area contributed by atoms with Crippen molar-refractivity contribution in [1.29, 1.82) is 0 Å². The van der Waals surface area contributed by atoms with Gasteiger partial charge in [-0.25, -0.2) is 4.39 Å². The van der Waals surface area contributed by atoms with Crippen LogP contribution in [0.1, 0.15) is 32.8 Å². The van der Waals surface area contributed by atoms with Crippen molar-refractivity contribution in [3.8, 4) is 0 Å². The second-order valence-electron chi connectivity index (χ2n) is 5.67. The molecule has 4 heteroatoms. The van der Waals surface area contributed by atoms with Crippen molar-refractivity contribution in [2.24, 2.45) is 5.41 Å². The highest BCUT2D eigenvalue weighted by atomic mass is 79.9. The molecule has 1 aliphatic carbocycles. The zero-order chi connectivity index (χ0) is 14.0. The number of ether oxygens (including phenoxy) is 1. The number of rotatable bonds is 5. The number of benzene rings is 1. The summed E-state index contributed by atoms with van der Waals surface area (Å²) < 4.78 is 20.3. The normalized spacial score (nSPS) is 25.1. The van der Waals surface area contributed by atoms with E-state index in [1.165, 1.54) is 6.07 Å². The first kappa shape index (κ1) is 14.9. The lowest BCUT2D eigenvalue weighted by Crippen LogP contribution is -2.60. The molecule has 1 aromatic rings. The monoisotopic (exact) mass is 329 g/mol. The molecule has 19 heavy (non-hydrogen) atoms. The summed E-state index contributed by atoms with van der Waals surface area (Å²) in [5.74, 6) is -0.158. The lowest BCUT2D eigenvalue weighted by molar-refractivity contribution is -0.114. The minimum Gasteiger partial charge on any atom is -0.378 e. The summed E-state index contributed by atoms with van der Waals surface area (Å²) in [5.41, 5.74) is 0.809. The fourth-order valence-corrected chi connectivity index (χ4v) is 3.04. The van der Waals surface area contributed by atoms with E-state index < -0.39 is 0 Å². The maximum Gasteiger partial charge on any atom is 0.127 e. The summed E-state index contributed by atoms with van der Waals surface area (Å²) in [6, 6.07) is 5.42. The molecular weight excluding hydrogens is 309 g/mol. The van der Waals surface area contributed by atoms with Crippen molar-refractivity contribution in [3.05, 3.63) is 34.1 Å². The lowest BCUT2D eigenvalue weighted by atomic mass is 9.64.